The zero-order valence-electron chi connectivity index (χ0n) is 21.2. The third kappa shape index (κ3) is 6.75. The first-order valence-corrected chi connectivity index (χ1v) is 12.2. The zero-order chi connectivity index (χ0) is 28.7. The van der Waals surface area contributed by atoms with Gasteiger partial charge < -0.3 is 21.0 Å². The Hall–Kier alpha value is -4.90. The number of quaternary nitrogens is 1. The first-order chi connectivity index (χ1) is 19.2. The second kappa shape index (κ2) is 12.3. The minimum absolute atomic E-state index is 0.159. The Kier molecular flexibility index (Phi) is 8.65. The number of fused-ring (bicyclic) bond motifs is 1. The van der Waals surface area contributed by atoms with Crippen LogP contribution in [0.15, 0.2) is 90.2 Å². The molecule has 0 unspecified atom stereocenters. The highest BCUT2D eigenvalue weighted by molar-refractivity contribution is 6.39. The van der Waals surface area contributed by atoms with Gasteiger partial charge in [0.05, 0.1) is 29.7 Å². The molecule has 0 bridgehead atoms. The van der Waals surface area contributed by atoms with Gasteiger partial charge in [-0.15, -0.1) is 0 Å². The van der Waals surface area contributed by atoms with Crippen molar-refractivity contribution in [2.45, 2.75) is 25.7 Å². The zero-order valence-corrected chi connectivity index (χ0v) is 21.2. The van der Waals surface area contributed by atoms with Crippen molar-refractivity contribution in [2.75, 3.05) is 0 Å². The number of amides is 1. The van der Waals surface area contributed by atoms with Crippen LogP contribution in [-0.4, -0.2) is 28.7 Å². The van der Waals surface area contributed by atoms with Crippen molar-refractivity contribution >= 4 is 28.5 Å². The van der Waals surface area contributed by atoms with Crippen molar-refractivity contribution in [3.05, 3.63) is 96.5 Å². The van der Waals surface area contributed by atoms with Gasteiger partial charge in [-0.3, -0.25) is 14.8 Å². The SMILES string of the molecule is O=C([O-])C(F)(F)F.[NH3+]Cc1ccc(-c2[nH+]c3ccnc(CNC(=O)C4=NC=CC4)c3cc2-c2ccccc2)cc1. The van der Waals surface area contributed by atoms with Crippen LogP contribution in [0.4, 0.5) is 13.2 Å². The van der Waals surface area contributed by atoms with Crippen LogP contribution in [0.25, 0.3) is 33.3 Å². The number of aliphatic imine (C=N–C) groups is 1. The lowest BCUT2D eigenvalue weighted by atomic mass is 9.96. The maximum Gasteiger partial charge on any atom is 0.430 e. The molecule has 0 radical (unpaired) electrons. The van der Waals surface area contributed by atoms with E-state index in [1.165, 1.54) is 5.56 Å². The third-order valence-electron chi connectivity index (χ3n) is 6.06. The number of nitrogens with one attached hydrogen (secondary N) is 2. The van der Waals surface area contributed by atoms with Crippen molar-refractivity contribution in [1.82, 2.24) is 10.3 Å². The van der Waals surface area contributed by atoms with Crippen LogP contribution < -0.4 is 21.1 Å². The van der Waals surface area contributed by atoms with Gasteiger partial charge in [0.1, 0.15) is 11.7 Å². The number of H-pyrrole nitrogens is 1. The summed E-state index contributed by atoms with van der Waals surface area (Å²) in [6.45, 7) is 1.09. The number of carboxylic acid groups (broad SMARTS) is 1. The lowest BCUT2D eigenvalue weighted by molar-refractivity contribution is -0.386. The van der Waals surface area contributed by atoms with Gasteiger partial charge in [0.25, 0.3) is 5.91 Å². The molecule has 40 heavy (non-hydrogen) atoms. The Bertz CT molecular complexity index is 1580. The Morgan fingerprint density at radius 1 is 1.02 bits per heavy atom. The van der Waals surface area contributed by atoms with E-state index < -0.39 is 12.1 Å². The van der Waals surface area contributed by atoms with Crippen LogP contribution in [0.5, 0.6) is 0 Å². The number of halogens is 3. The summed E-state index contributed by atoms with van der Waals surface area (Å²) in [5.41, 5.74) is 11.8. The fourth-order valence-corrected chi connectivity index (χ4v) is 4.03. The Labute approximate surface area is 227 Å². The van der Waals surface area contributed by atoms with Crippen molar-refractivity contribution in [2.24, 2.45) is 4.99 Å². The van der Waals surface area contributed by atoms with Crippen LogP contribution in [0.3, 0.4) is 0 Å². The number of pyridine rings is 2. The number of aromatic nitrogens is 2. The van der Waals surface area contributed by atoms with Crippen molar-refractivity contribution < 1.29 is 38.6 Å². The van der Waals surface area contributed by atoms with Crippen molar-refractivity contribution in [3.8, 4) is 22.4 Å². The predicted molar refractivity (Wildman–Crippen MR) is 140 cm³/mol. The lowest BCUT2D eigenvalue weighted by Gasteiger charge is -2.10. The Morgan fingerprint density at radius 2 is 1.73 bits per heavy atom. The average Bonchev–Trinajstić information content (AvgIpc) is 3.51. The van der Waals surface area contributed by atoms with E-state index in [0.717, 1.165) is 45.5 Å². The fourth-order valence-electron chi connectivity index (χ4n) is 4.03. The van der Waals surface area contributed by atoms with Crippen LogP contribution in [0, 0.1) is 0 Å². The van der Waals surface area contributed by atoms with Gasteiger partial charge in [-0.05, 0) is 23.8 Å². The van der Waals surface area contributed by atoms with E-state index in [4.69, 9.17) is 9.90 Å². The molecule has 0 saturated heterocycles. The van der Waals surface area contributed by atoms with E-state index in [9.17, 15) is 18.0 Å². The summed E-state index contributed by atoms with van der Waals surface area (Å²) in [6, 6.07) is 22.9. The fraction of sp³-hybridized carbons (Fsp3) is 0.138. The molecule has 4 aromatic rings. The number of carboxylic acids is 1. The van der Waals surface area contributed by atoms with Crippen molar-refractivity contribution in [3.63, 3.8) is 0 Å². The number of carbonyl (C=O) groups is 2. The Balaban J connectivity index is 0.000000470. The highest BCUT2D eigenvalue weighted by atomic mass is 19.4. The molecule has 5 rings (SSSR count). The third-order valence-corrected chi connectivity index (χ3v) is 6.06. The molecule has 1 aliphatic rings. The number of benzene rings is 2. The normalized spacial score (nSPS) is 12.4. The molecule has 8 nitrogen and oxygen atoms in total. The van der Waals surface area contributed by atoms with E-state index >= 15 is 0 Å². The highest BCUT2D eigenvalue weighted by Crippen LogP contribution is 2.32. The maximum atomic E-state index is 12.4. The number of alkyl halides is 3. The number of allylic oxidation sites excluding steroid dienone is 1. The lowest BCUT2D eigenvalue weighted by Crippen LogP contribution is -2.47. The van der Waals surface area contributed by atoms with Gasteiger partial charge in [0.15, 0.2) is 0 Å². The monoisotopic (exact) mass is 548 g/mol. The molecule has 1 aliphatic heterocycles. The molecule has 0 atom stereocenters. The Morgan fingerprint density at radius 3 is 2.33 bits per heavy atom. The summed E-state index contributed by atoms with van der Waals surface area (Å²) in [6.07, 6.45) is 0.679. The van der Waals surface area contributed by atoms with E-state index in [-0.39, 0.29) is 5.91 Å². The van der Waals surface area contributed by atoms with Crippen LogP contribution in [0.1, 0.15) is 17.7 Å². The number of aromatic amines is 1. The summed E-state index contributed by atoms with van der Waals surface area (Å²) in [4.78, 5) is 33.5. The molecule has 0 spiro atoms. The van der Waals surface area contributed by atoms with Crippen LogP contribution in [0.2, 0.25) is 0 Å². The molecule has 5 N–H and O–H groups in total. The molecule has 204 valence electrons. The first kappa shape index (κ1) is 28.1. The summed E-state index contributed by atoms with van der Waals surface area (Å²) in [5.74, 6) is -3.17. The molecular weight excluding hydrogens is 523 g/mol. The number of nitrogens with zero attached hydrogens (tertiary/aromatic N) is 2. The number of hydrogen-bond donors (Lipinski definition) is 2. The molecule has 2 aromatic heterocycles. The minimum Gasteiger partial charge on any atom is -0.542 e. The molecule has 0 fully saturated rings. The number of hydrogen-bond acceptors (Lipinski definition) is 5. The summed E-state index contributed by atoms with van der Waals surface area (Å²) >= 11 is 0. The molecule has 1 amide bonds. The largest absolute Gasteiger partial charge is 0.542 e. The summed E-state index contributed by atoms with van der Waals surface area (Å²) in [7, 11) is 0. The topological polar surface area (TPSA) is 136 Å². The second-order valence-electron chi connectivity index (χ2n) is 8.72. The molecule has 0 saturated carbocycles. The predicted octanol–water partition coefficient (Wildman–Crippen LogP) is 2.40. The van der Waals surface area contributed by atoms with E-state index in [2.05, 4.69) is 68.5 Å². The molecule has 2 aromatic carbocycles. The van der Waals surface area contributed by atoms with E-state index in [1.54, 1.807) is 12.4 Å². The molecule has 11 heteroatoms. The molecule has 3 heterocycles. The highest BCUT2D eigenvalue weighted by Gasteiger charge is 2.28. The van der Waals surface area contributed by atoms with E-state index in [1.807, 2.05) is 30.3 Å². The standard InChI is InChI=1S/C27H23N5O.C2HF3O2/c28-16-18-8-10-20(11-9-18)26-21(19-5-2-1-3-6-19)15-22-23(32-26)12-14-30-25(22)17-31-27(33)24-7-4-13-29-24;3-2(4,5)1(6)7/h1-6,8-15H,7,16-17,28H2,(H,31,33);(H,6,7)/p+1. The summed E-state index contributed by atoms with van der Waals surface area (Å²) < 4.78 is 31.5. The number of aliphatic carboxylic acids is 1. The van der Waals surface area contributed by atoms with Crippen LogP contribution >= 0.6 is 0 Å². The van der Waals surface area contributed by atoms with Crippen molar-refractivity contribution in [1.29, 1.82) is 0 Å². The average molecular weight is 549 g/mol. The first-order valence-electron chi connectivity index (χ1n) is 12.2. The minimum atomic E-state index is -5.19. The number of rotatable bonds is 6. The summed E-state index contributed by atoms with van der Waals surface area (Å²) in [5, 5.41) is 12.7. The smallest absolute Gasteiger partial charge is 0.430 e. The van der Waals surface area contributed by atoms with Gasteiger partial charge in [0, 0.05) is 36.0 Å². The van der Waals surface area contributed by atoms with Gasteiger partial charge in [0.2, 0.25) is 11.2 Å². The van der Waals surface area contributed by atoms with Gasteiger partial charge in [-0.25, -0.2) is 4.98 Å². The number of carbonyl (C=O) groups excluding carboxylic acids is 2. The quantitative estimate of drug-likeness (QED) is 0.382. The maximum absolute atomic E-state index is 12.4. The van der Waals surface area contributed by atoms with E-state index in [0.29, 0.717) is 18.7 Å². The van der Waals surface area contributed by atoms with Gasteiger partial charge >= 0.3 is 6.18 Å². The molecular formula is C29H25F3N5O3+. The van der Waals surface area contributed by atoms with Crippen LogP contribution in [-0.2, 0) is 22.7 Å². The second-order valence-corrected chi connectivity index (χ2v) is 8.72. The van der Waals surface area contributed by atoms with Gasteiger partial charge in [-0.1, -0.05) is 48.5 Å². The molecule has 0 aliphatic carbocycles. The van der Waals surface area contributed by atoms with Gasteiger partial charge in [-0.2, -0.15) is 13.2 Å².